The fourth-order valence-electron chi connectivity index (χ4n) is 4.89. The van der Waals surface area contributed by atoms with E-state index in [0.29, 0.717) is 16.9 Å². The highest BCUT2D eigenvalue weighted by Gasteiger charge is 2.25. The van der Waals surface area contributed by atoms with Crippen molar-refractivity contribution in [3.8, 4) is 22.4 Å². The minimum atomic E-state index is -0.878. The first kappa shape index (κ1) is 23.0. The maximum absolute atomic E-state index is 16.0. The Morgan fingerprint density at radius 1 is 0.897 bits per heavy atom. The number of hydrogen-bond acceptors (Lipinski definition) is 7. The lowest BCUT2D eigenvalue weighted by Gasteiger charge is -2.16. The highest BCUT2D eigenvalue weighted by Crippen LogP contribution is 2.33. The monoisotopic (exact) mass is 519 g/mol. The van der Waals surface area contributed by atoms with E-state index in [1.165, 1.54) is 10.7 Å². The lowest BCUT2D eigenvalue weighted by molar-refractivity contribution is 0.484. The molecule has 0 aliphatic heterocycles. The van der Waals surface area contributed by atoms with E-state index in [1.807, 2.05) is 24.3 Å². The number of pyridine rings is 2. The number of benzene rings is 2. The molecule has 7 rings (SSSR count). The summed E-state index contributed by atoms with van der Waals surface area (Å²) in [7, 11) is 1.79. The number of nitrogens with zero attached hydrogens (tertiary/aromatic N) is 9. The second-order valence-electron chi connectivity index (χ2n) is 9.30. The summed E-state index contributed by atoms with van der Waals surface area (Å²) in [4.78, 5) is 17.8. The predicted octanol–water partition coefficient (Wildman–Crippen LogP) is 5.27. The fraction of sp³-hybridized carbons (Fsp3) is 0.107. The van der Waals surface area contributed by atoms with Crippen molar-refractivity contribution in [2.24, 2.45) is 7.05 Å². The van der Waals surface area contributed by atoms with Crippen LogP contribution in [0.15, 0.2) is 73.6 Å². The first-order valence-corrected chi connectivity index (χ1v) is 12.2. The fourth-order valence-corrected chi connectivity index (χ4v) is 4.89. The number of halogens is 2. The molecule has 0 aliphatic rings. The van der Waals surface area contributed by atoms with Gasteiger partial charge in [-0.1, -0.05) is 29.5 Å². The van der Waals surface area contributed by atoms with Crippen LogP contribution in [0.25, 0.3) is 55.4 Å². The van der Waals surface area contributed by atoms with E-state index >= 15 is 8.78 Å². The third-order valence-corrected chi connectivity index (χ3v) is 6.87. The van der Waals surface area contributed by atoms with E-state index in [1.54, 1.807) is 61.9 Å². The van der Waals surface area contributed by atoms with Crippen LogP contribution in [0.4, 0.5) is 8.78 Å². The predicted molar refractivity (Wildman–Crippen MR) is 142 cm³/mol. The van der Waals surface area contributed by atoms with Crippen LogP contribution >= 0.6 is 0 Å². The minimum Gasteiger partial charge on any atom is -0.275 e. The summed E-state index contributed by atoms with van der Waals surface area (Å²) >= 11 is 0. The van der Waals surface area contributed by atoms with Crippen LogP contribution in [0.3, 0.4) is 0 Å². The summed E-state index contributed by atoms with van der Waals surface area (Å²) in [5.41, 5.74) is 3.38. The number of rotatable bonds is 4. The van der Waals surface area contributed by atoms with E-state index in [0.717, 1.165) is 21.9 Å². The van der Waals surface area contributed by atoms with Crippen LogP contribution in [0.2, 0.25) is 0 Å². The van der Waals surface area contributed by atoms with Gasteiger partial charge in [-0.25, -0.2) is 23.4 Å². The van der Waals surface area contributed by atoms with Gasteiger partial charge in [0, 0.05) is 70.9 Å². The molecule has 1 atom stereocenters. The van der Waals surface area contributed by atoms with Crippen molar-refractivity contribution < 1.29 is 8.78 Å². The van der Waals surface area contributed by atoms with Crippen molar-refractivity contribution in [2.45, 2.75) is 13.0 Å². The summed E-state index contributed by atoms with van der Waals surface area (Å²) in [6, 6.07) is 9.81. The molecule has 0 spiro atoms. The van der Waals surface area contributed by atoms with E-state index in [4.69, 9.17) is 4.98 Å². The Bertz CT molecular complexity index is 2040. The Morgan fingerprint density at radius 3 is 2.62 bits per heavy atom. The molecule has 11 heteroatoms. The Labute approximate surface area is 219 Å². The van der Waals surface area contributed by atoms with Gasteiger partial charge in [0.2, 0.25) is 5.65 Å². The van der Waals surface area contributed by atoms with E-state index in [-0.39, 0.29) is 22.1 Å². The molecular formula is C28H19F2N9. The van der Waals surface area contributed by atoms with Gasteiger partial charge in [-0.3, -0.25) is 14.6 Å². The Hall–Kier alpha value is -5.19. The van der Waals surface area contributed by atoms with Gasteiger partial charge in [0.05, 0.1) is 29.6 Å². The van der Waals surface area contributed by atoms with Gasteiger partial charge in [0.25, 0.3) is 0 Å². The molecule has 39 heavy (non-hydrogen) atoms. The summed E-state index contributed by atoms with van der Waals surface area (Å²) < 4.78 is 34.4. The number of aryl methyl sites for hydroxylation is 1. The van der Waals surface area contributed by atoms with Crippen LogP contribution in [-0.4, -0.2) is 44.7 Å². The largest absolute Gasteiger partial charge is 0.275 e. The third kappa shape index (κ3) is 3.69. The third-order valence-electron chi connectivity index (χ3n) is 6.87. The molecule has 0 bridgehead atoms. The molecule has 190 valence electrons. The van der Waals surface area contributed by atoms with Crippen LogP contribution in [-0.2, 0) is 7.05 Å². The number of hydrogen-bond donors (Lipinski definition) is 0. The van der Waals surface area contributed by atoms with Crippen LogP contribution in [0.1, 0.15) is 18.5 Å². The van der Waals surface area contributed by atoms with Crippen molar-refractivity contribution in [2.75, 3.05) is 0 Å². The molecule has 0 N–H and O–H groups in total. The van der Waals surface area contributed by atoms with Crippen LogP contribution < -0.4 is 0 Å². The molecule has 0 saturated carbocycles. The maximum atomic E-state index is 16.0. The smallest absolute Gasteiger partial charge is 0.221 e. The summed E-state index contributed by atoms with van der Waals surface area (Å²) in [5, 5.41) is 14.5. The lowest BCUT2D eigenvalue weighted by atomic mass is 10.0. The lowest BCUT2D eigenvalue weighted by Crippen LogP contribution is -2.14. The van der Waals surface area contributed by atoms with E-state index < -0.39 is 17.7 Å². The molecule has 2 aromatic carbocycles. The molecule has 0 amide bonds. The van der Waals surface area contributed by atoms with Gasteiger partial charge in [-0.2, -0.15) is 5.10 Å². The molecule has 1 unspecified atom stereocenters. The SMILES string of the molecule is CC(c1c(F)cc2ncc(-c3cnn(C)c3)cc2c1F)n1nnc2ncc(-c3cncc4ccccc34)nc21. The molecule has 5 aromatic heterocycles. The first-order valence-electron chi connectivity index (χ1n) is 12.2. The van der Waals surface area contributed by atoms with Crippen molar-refractivity contribution in [1.29, 1.82) is 0 Å². The van der Waals surface area contributed by atoms with Gasteiger partial charge in [-0.15, -0.1) is 5.10 Å². The van der Waals surface area contributed by atoms with Crippen LogP contribution in [0, 0.1) is 11.6 Å². The average molecular weight is 520 g/mol. The second-order valence-corrected chi connectivity index (χ2v) is 9.30. The van der Waals surface area contributed by atoms with Crippen molar-refractivity contribution in [3.05, 3.63) is 90.8 Å². The first-order chi connectivity index (χ1) is 19.0. The number of fused-ring (bicyclic) bond motifs is 3. The van der Waals surface area contributed by atoms with E-state index in [2.05, 4.69) is 30.4 Å². The summed E-state index contributed by atoms with van der Waals surface area (Å²) in [5.74, 6) is -1.46. The average Bonchev–Trinajstić information content (AvgIpc) is 3.58. The zero-order valence-corrected chi connectivity index (χ0v) is 20.8. The molecule has 0 radical (unpaired) electrons. The van der Waals surface area contributed by atoms with Crippen molar-refractivity contribution in [3.63, 3.8) is 0 Å². The Kier molecular flexibility index (Phi) is 5.12. The normalized spacial score (nSPS) is 12.5. The molecule has 7 aromatic rings. The maximum Gasteiger partial charge on any atom is 0.221 e. The Balaban J connectivity index is 1.36. The van der Waals surface area contributed by atoms with Gasteiger partial charge in [0.1, 0.15) is 11.6 Å². The molecule has 0 aliphatic carbocycles. The number of aromatic nitrogens is 9. The molecular weight excluding hydrogens is 500 g/mol. The molecule has 0 saturated heterocycles. The molecule has 9 nitrogen and oxygen atoms in total. The standard InChI is InChI=1S/C28H19F2N9/c1-15(25-22(29)8-23-20(26(25)30)7-17(10-32-23)18-11-34-38(2)14-18)39-28-27(36-37-39)33-13-24(35-28)21-12-31-9-16-5-3-4-6-19(16)21/h3-15H,1-2H3. The van der Waals surface area contributed by atoms with E-state index in [9.17, 15) is 0 Å². The highest BCUT2D eigenvalue weighted by atomic mass is 19.1. The minimum absolute atomic E-state index is 0.168. The van der Waals surface area contributed by atoms with Gasteiger partial charge < -0.3 is 0 Å². The van der Waals surface area contributed by atoms with Gasteiger partial charge >= 0.3 is 0 Å². The highest BCUT2D eigenvalue weighted by molar-refractivity contribution is 5.95. The van der Waals surface area contributed by atoms with Crippen molar-refractivity contribution in [1.82, 2.24) is 44.7 Å². The summed E-state index contributed by atoms with van der Waals surface area (Å²) in [6.45, 7) is 1.65. The summed E-state index contributed by atoms with van der Waals surface area (Å²) in [6.07, 6.45) is 10.1. The molecule has 0 fully saturated rings. The van der Waals surface area contributed by atoms with Crippen LogP contribution in [0.5, 0.6) is 0 Å². The van der Waals surface area contributed by atoms with Crippen molar-refractivity contribution >= 4 is 33.0 Å². The Morgan fingerprint density at radius 2 is 1.77 bits per heavy atom. The van der Waals surface area contributed by atoms with Gasteiger partial charge in [0.15, 0.2) is 5.65 Å². The molecule has 5 heterocycles. The topological polar surface area (TPSA) is 100 Å². The quantitative estimate of drug-likeness (QED) is 0.312. The van der Waals surface area contributed by atoms with Gasteiger partial charge in [-0.05, 0) is 18.4 Å². The zero-order chi connectivity index (χ0) is 26.7. The second kappa shape index (κ2) is 8.69. The zero-order valence-electron chi connectivity index (χ0n) is 20.8.